The van der Waals surface area contributed by atoms with Gasteiger partial charge in [-0.3, -0.25) is 14.4 Å². The smallest absolute Gasteiger partial charge is 0.355 e. The van der Waals surface area contributed by atoms with Gasteiger partial charge in [-0.15, -0.1) is 0 Å². The molecule has 1 amide bonds. The van der Waals surface area contributed by atoms with Gasteiger partial charge < -0.3 is 19.5 Å². The molecule has 2 aromatic carbocycles. The van der Waals surface area contributed by atoms with Gasteiger partial charge in [-0.2, -0.15) is 0 Å². The molecule has 2 bridgehead atoms. The molecule has 4 rings (SSSR count). The van der Waals surface area contributed by atoms with E-state index in [2.05, 4.69) is 19.2 Å². The predicted molar refractivity (Wildman–Crippen MR) is 143 cm³/mol. The van der Waals surface area contributed by atoms with Crippen LogP contribution in [-0.4, -0.2) is 35.7 Å². The maximum Gasteiger partial charge on any atom is 0.355 e. The fraction of sp³-hybridized carbons (Fsp3) is 0.500. The van der Waals surface area contributed by atoms with Gasteiger partial charge >= 0.3 is 7.60 Å². The van der Waals surface area contributed by atoms with Crippen molar-refractivity contribution in [1.29, 1.82) is 0 Å². The molecular weight excluding hydrogens is 475 g/mol. The number of phenolic OH excluding ortho intramolecular Hbond substituents is 1. The highest BCUT2D eigenvalue weighted by Gasteiger charge is 2.67. The number of benzene rings is 2. The highest BCUT2D eigenvalue weighted by atomic mass is 31.2. The van der Waals surface area contributed by atoms with E-state index in [1.807, 2.05) is 30.3 Å². The van der Waals surface area contributed by atoms with Gasteiger partial charge in [0, 0.05) is 12.1 Å². The fourth-order valence-electron chi connectivity index (χ4n) is 6.01. The van der Waals surface area contributed by atoms with Crippen LogP contribution in [0.1, 0.15) is 52.5 Å². The minimum atomic E-state index is -3.60. The molecule has 0 spiro atoms. The van der Waals surface area contributed by atoms with E-state index in [9.17, 15) is 14.5 Å². The number of hydrogen-bond acceptors (Lipinski definition) is 6. The van der Waals surface area contributed by atoms with Crippen molar-refractivity contribution in [3.8, 4) is 5.75 Å². The van der Waals surface area contributed by atoms with Gasteiger partial charge in [0.05, 0.1) is 24.3 Å². The van der Waals surface area contributed by atoms with Crippen LogP contribution in [0.4, 0.5) is 5.69 Å². The average molecular weight is 513 g/mol. The lowest BCUT2D eigenvalue weighted by Crippen LogP contribution is -2.47. The van der Waals surface area contributed by atoms with Crippen LogP contribution >= 0.6 is 7.60 Å². The number of carbonyl (C=O) groups is 1. The molecule has 2 aromatic rings. The SMILES string of the molecule is CCOP(=O)(OCC)[C@@H](Cc1ccccc1)/N=C1\C[C@H]2CC[C@]1(C(=O)Nc1ccccc1O)C2(C)C. The summed E-state index contributed by atoms with van der Waals surface area (Å²) in [5.74, 6) is -0.652. The highest BCUT2D eigenvalue weighted by Crippen LogP contribution is 2.65. The Morgan fingerprint density at radius 1 is 1.11 bits per heavy atom. The van der Waals surface area contributed by atoms with Crippen LogP contribution in [0.15, 0.2) is 59.6 Å². The van der Waals surface area contributed by atoms with E-state index in [1.54, 1.807) is 38.1 Å². The number of nitrogens with zero attached hydrogens (tertiary/aromatic N) is 1. The van der Waals surface area contributed by atoms with Crippen LogP contribution in [0, 0.1) is 16.7 Å². The van der Waals surface area contributed by atoms with Crippen molar-refractivity contribution in [2.45, 2.75) is 59.2 Å². The molecule has 0 saturated heterocycles. The second kappa shape index (κ2) is 10.5. The summed E-state index contributed by atoms with van der Waals surface area (Å²) in [5, 5.41) is 13.3. The third-order valence-corrected chi connectivity index (χ3v) is 10.3. The van der Waals surface area contributed by atoms with E-state index in [-0.39, 0.29) is 36.2 Å². The Morgan fingerprint density at radius 2 is 1.75 bits per heavy atom. The zero-order valence-corrected chi connectivity index (χ0v) is 22.5. The van der Waals surface area contributed by atoms with Crippen molar-refractivity contribution in [2.24, 2.45) is 21.7 Å². The van der Waals surface area contributed by atoms with E-state index >= 15 is 0 Å². The largest absolute Gasteiger partial charge is 0.506 e. The number of amides is 1. The molecule has 0 radical (unpaired) electrons. The topological polar surface area (TPSA) is 97.2 Å². The summed E-state index contributed by atoms with van der Waals surface area (Å²) in [6, 6.07) is 16.5. The molecule has 0 aliphatic heterocycles. The molecular formula is C28H37N2O5P. The first-order chi connectivity index (χ1) is 17.2. The maximum absolute atomic E-state index is 14.0. The standard InChI is InChI=1S/C28H37N2O5P/c1-5-34-36(33,35-6-2)25(18-20-12-8-7-9-13-20)30-24-19-21-16-17-28(24,27(21,3)4)26(32)29-22-14-10-11-15-23(22)31/h7-15,21,25,31H,5-6,16-19H2,1-4H3,(H,29,32)/b30-24+/t21-,25+,28+/m1/s1. The lowest BCUT2D eigenvalue weighted by Gasteiger charge is -2.37. The summed E-state index contributed by atoms with van der Waals surface area (Å²) in [6.45, 7) is 8.30. The van der Waals surface area contributed by atoms with Crippen molar-refractivity contribution in [2.75, 3.05) is 18.5 Å². The number of rotatable bonds is 10. The van der Waals surface area contributed by atoms with E-state index in [0.29, 0.717) is 24.9 Å². The molecule has 0 aromatic heterocycles. The molecule has 2 fully saturated rings. The Balaban J connectivity index is 1.78. The average Bonchev–Trinajstić information content (AvgIpc) is 3.23. The summed E-state index contributed by atoms with van der Waals surface area (Å²) < 4.78 is 25.5. The molecule has 36 heavy (non-hydrogen) atoms. The molecule has 0 heterocycles. The van der Waals surface area contributed by atoms with Crippen molar-refractivity contribution in [3.05, 3.63) is 60.2 Å². The first-order valence-electron chi connectivity index (χ1n) is 12.8. The van der Waals surface area contributed by atoms with Gasteiger partial charge in [0.2, 0.25) is 5.91 Å². The molecule has 3 atom stereocenters. The zero-order valence-electron chi connectivity index (χ0n) is 21.6. The molecule has 2 saturated carbocycles. The first kappa shape index (κ1) is 26.6. The lowest BCUT2D eigenvalue weighted by molar-refractivity contribution is -0.125. The second-order valence-corrected chi connectivity index (χ2v) is 12.4. The Kier molecular flexibility index (Phi) is 7.75. The number of nitrogens with one attached hydrogen (secondary N) is 1. The normalized spacial score (nSPS) is 24.7. The third-order valence-electron chi connectivity index (χ3n) is 8.01. The van der Waals surface area contributed by atoms with Crippen LogP contribution in [0.25, 0.3) is 0 Å². The summed E-state index contributed by atoms with van der Waals surface area (Å²) in [6.07, 6.45) is 2.60. The van der Waals surface area contributed by atoms with Gasteiger partial charge in [0.15, 0.2) is 5.78 Å². The Bertz CT molecular complexity index is 1160. The van der Waals surface area contributed by atoms with E-state index in [0.717, 1.165) is 17.7 Å². The van der Waals surface area contributed by atoms with Crippen LogP contribution in [0.2, 0.25) is 0 Å². The first-order valence-corrected chi connectivity index (χ1v) is 14.4. The summed E-state index contributed by atoms with van der Waals surface area (Å²) >= 11 is 0. The van der Waals surface area contributed by atoms with Crippen LogP contribution in [0.5, 0.6) is 5.75 Å². The van der Waals surface area contributed by atoms with Gasteiger partial charge in [-0.25, -0.2) is 0 Å². The number of aliphatic imine (C=N–C) groups is 1. The molecule has 0 unspecified atom stereocenters. The number of carbonyl (C=O) groups excluding carboxylic acids is 1. The predicted octanol–water partition coefficient (Wildman–Crippen LogP) is 6.43. The van der Waals surface area contributed by atoms with Crippen molar-refractivity contribution in [3.63, 3.8) is 0 Å². The molecule has 7 nitrogen and oxygen atoms in total. The lowest BCUT2D eigenvalue weighted by atomic mass is 9.68. The highest BCUT2D eigenvalue weighted by molar-refractivity contribution is 7.54. The number of aromatic hydroxyl groups is 1. The molecule has 2 aliphatic carbocycles. The second-order valence-electron chi connectivity index (χ2n) is 10.2. The maximum atomic E-state index is 14.0. The third kappa shape index (κ3) is 4.65. The number of hydrogen-bond donors (Lipinski definition) is 2. The Labute approximate surface area is 213 Å². The quantitative estimate of drug-likeness (QED) is 0.282. The number of fused-ring (bicyclic) bond motifs is 2. The number of para-hydroxylation sites is 2. The zero-order chi connectivity index (χ0) is 26.0. The van der Waals surface area contributed by atoms with Crippen molar-refractivity contribution >= 4 is 24.9 Å². The summed E-state index contributed by atoms with van der Waals surface area (Å²) in [7, 11) is -3.60. The van der Waals surface area contributed by atoms with E-state index in [4.69, 9.17) is 14.0 Å². The number of phenols is 1. The fourth-order valence-corrected chi connectivity index (χ4v) is 7.87. The Morgan fingerprint density at radius 3 is 2.36 bits per heavy atom. The van der Waals surface area contributed by atoms with Crippen molar-refractivity contribution in [1.82, 2.24) is 0 Å². The molecule has 2 aliphatic rings. The number of anilines is 1. The molecule has 2 N–H and O–H groups in total. The van der Waals surface area contributed by atoms with Crippen LogP contribution in [0.3, 0.4) is 0 Å². The summed E-state index contributed by atoms with van der Waals surface area (Å²) in [4.78, 5) is 19.1. The van der Waals surface area contributed by atoms with E-state index < -0.39 is 18.8 Å². The van der Waals surface area contributed by atoms with E-state index in [1.165, 1.54) is 0 Å². The van der Waals surface area contributed by atoms with Crippen LogP contribution in [-0.2, 0) is 24.8 Å². The van der Waals surface area contributed by atoms with Gasteiger partial charge in [-0.1, -0.05) is 56.3 Å². The minimum absolute atomic E-state index is 0.0187. The van der Waals surface area contributed by atoms with Gasteiger partial charge in [-0.05, 0) is 62.1 Å². The minimum Gasteiger partial charge on any atom is -0.506 e. The summed E-state index contributed by atoms with van der Waals surface area (Å²) in [5.41, 5.74) is 0.869. The monoisotopic (exact) mass is 512 g/mol. The van der Waals surface area contributed by atoms with Crippen molar-refractivity contribution < 1.29 is 23.5 Å². The van der Waals surface area contributed by atoms with Crippen LogP contribution < -0.4 is 5.32 Å². The van der Waals surface area contributed by atoms with Gasteiger partial charge in [0.1, 0.15) is 5.75 Å². The molecule has 194 valence electrons. The molecule has 8 heteroatoms. The Hall–Kier alpha value is -2.47. The van der Waals surface area contributed by atoms with Gasteiger partial charge in [0.25, 0.3) is 0 Å².